The Morgan fingerprint density at radius 2 is 1.83 bits per heavy atom. The number of epoxide rings is 1. The summed E-state index contributed by atoms with van der Waals surface area (Å²) in [5, 5.41) is 0. The molecule has 0 aliphatic carbocycles. The fourth-order valence-corrected chi connectivity index (χ4v) is 0.223. The number of halogens is 3. The van der Waals surface area contributed by atoms with Crippen LogP contribution in [0.25, 0.3) is 0 Å². The lowest BCUT2D eigenvalue weighted by Gasteiger charge is -1.73. The smallest absolute Gasteiger partial charge is 0.288 e. The standard InChI is InChI=1S/C2HClF2O/c3-1-2(4,5)6-1/h1H. The molecule has 1 aliphatic rings. The molecule has 0 aromatic rings. The normalized spacial score (nSPS) is 39.5. The predicted molar refractivity (Wildman–Crippen MR) is 15.7 cm³/mol. The van der Waals surface area contributed by atoms with Crippen molar-refractivity contribution < 1.29 is 13.5 Å². The maximum Gasteiger partial charge on any atom is 0.397 e. The molecule has 36 valence electrons. The second-order valence-corrected chi connectivity index (χ2v) is 1.39. The summed E-state index contributed by atoms with van der Waals surface area (Å²) in [4.78, 5) is 0. The monoisotopic (exact) mass is 114 g/mol. The largest absolute Gasteiger partial charge is 0.397 e. The number of hydrogen-bond donors (Lipinski definition) is 0. The van der Waals surface area contributed by atoms with Gasteiger partial charge in [-0.1, -0.05) is 11.6 Å². The molecular weight excluding hydrogens is 113 g/mol. The van der Waals surface area contributed by atoms with E-state index in [-0.39, 0.29) is 0 Å². The van der Waals surface area contributed by atoms with Crippen molar-refractivity contribution in [1.29, 1.82) is 0 Å². The van der Waals surface area contributed by atoms with Gasteiger partial charge in [0.1, 0.15) is 0 Å². The minimum atomic E-state index is -3.03. The first-order chi connectivity index (χ1) is 2.63. The summed E-state index contributed by atoms with van der Waals surface area (Å²) in [7, 11) is 0. The first-order valence-electron chi connectivity index (χ1n) is 1.32. The van der Waals surface area contributed by atoms with E-state index in [1.807, 2.05) is 0 Å². The van der Waals surface area contributed by atoms with Gasteiger partial charge in [-0.3, -0.25) is 4.74 Å². The van der Waals surface area contributed by atoms with Crippen molar-refractivity contribution in [2.24, 2.45) is 0 Å². The summed E-state index contributed by atoms with van der Waals surface area (Å²) in [6.45, 7) is 0. The van der Waals surface area contributed by atoms with E-state index in [1.165, 1.54) is 0 Å². The van der Waals surface area contributed by atoms with Crippen LogP contribution in [0.5, 0.6) is 0 Å². The van der Waals surface area contributed by atoms with Crippen molar-refractivity contribution in [3.63, 3.8) is 0 Å². The van der Waals surface area contributed by atoms with E-state index in [2.05, 4.69) is 4.74 Å². The average molecular weight is 114 g/mol. The van der Waals surface area contributed by atoms with E-state index in [0.29, 0.717) is 0 Å². The van der Waals surface area contributed by atoms with Gasteiger partial charge in [-0.25, -0.2) is 0 Å². The summed E-state index contributed by atoms with van der Waals surface area (Å²) >= 11 is 4.71. The Morgan fingerprint density at radius 1 is 1.67 bits per heavy atom. The number of hydrogen-bond acceptors (Lipinski definition) is 1. The Balaban J connectivity index is 2.41. The first-order valence-corrected chi connectivity index (χ1v) is 1.76. The van der Waals surface area contributed by atoms with Crippen molar-refractivity contribution in [2.45, 2.75) is 11.7 Å². The zero-order valence-corrected chi connectivity index (χ0v) is 3.38. The maximum atomic E-state index is 11.2. The summed E-state index contributed by atoms with van der Waals surface area (Å²) in [6.07, 6.45) is -3.03. The van der Waals surface area contributed by atoms with Gasteiger partial charge in [-0.05, 0) is 0 Å². The van der Waals surface area contributed by atoms with Crippen LogP contribution >= 0.6 is 11.6 Å². The van der Waals surface area contributed by atoms with Crippen LogP contribution < -0.4 is 0 Å². The van der Waals surface area contributed by atoms with Gasteiger partial charge in [0.05, 0.1) is 0 Å². The van der Waals surface area contributed by atoms with Gasteiger partial charge in [-0.15, -0.1) is 0 Å². The summed E-state index contributed by atoms with van der Waals surface area (Å²) in [5.41, 5.74) is -1.36. The highest BCUT2D eigenvalue weighted by atomic mass is 35.5. The second kappa shape index (κ2) is 0.845. The van der Waals surface area contributed by atoms with Crippen LogP contribution in [0.4, 0.5) is 8.78 Å². The quantitative estimate of drug-likeness (QED) is 0.340. The Bertz CT molecular complexity index is 73.9. The van der Waals surface area contributed by atoms with Crippen LogP contribution in [-0.2, 0) is 4.74 Å². The third-order valence-corrected chi connectivity index (χ3v) is 0.811. The molecule has 1 fully saturated rings. The molecule has 0 aromatic heterocycles. The van der Waals surface area contributed by atoms with Crippen LogP contribution in [0.3, 0.4) is 0 Å². The number of alkyl halides is 3. The van der Waals surface area contributed by atoms with E-state index in [4.69, 9.17) is 11.6 Å². The first kappa shape index (κ1) is 4.27. The maximum absolute atomic E-state index is 11.2. The molecule has 0 radical (unpaired) electrons. The van der Waals surface area contributed by atoms with Crippen LogP contribution in [0, 0.1) is 0 Å². The summed E-state index contributed by atoms with van der Waals surface area (Å²) < 4.78 is 25.9. The molecule has 1 rings (SSSR count). The van der Waals surface area contributed by atoms with Crippen molar-refractivity contribution >= 4 is 11.6 Å². The fraction of sp³-hybridized carbons (Fsp3) is 1.00. The third-order valence-electron chi connectivity index (χ3n) is 0.468. The summed E-state index contributed by atoms with van der Waals surface area (Å²) in [6, 6.07) is 0. The molecule has 1 unspecified atom stereocenters. The van der Waals surface area contributed by atoms with E-state index < -0.39 is 11.7 Å². The van der Waals surface area contributed by atoms with Gasteiger partial charge < -0.3 is 0 Å². The average Bonchev–Trinajstić information content (AvgIpc) is 1.73. The van der Waals surface area contributed by atoms with Gasteiger partial charge in [0.2, 0.25) is 5.56 Å². The van der Waals surface area contributed by atoms with Gasteiger partial charge >= 0.3 is 6.11 Å². The van der Waals surface area contributed by atoms with Gasteiger partial charge in [0, 0.05) is 0 Å². The lowest BCUT2D eigenvalue weighted by molar-refractivity contribution is 0.00161. The Labute approximate surface area is 37.8 Å². The highest BCUT2D eigenvalue weighted by molar-refractivity contribution is 6.21. The number of rotatable bonds is 0. The molecule has 0 aromatic carbocycles. The lowest BCUT2D eigenvalue weighted by Crippen LogP contribution is -1.89. The molecule has 1 heterocycles. The highest BCUT2D eigenvalue weighted by Crippen LogP contribution is 2.41. The molecule has 0 bridgehead atoms. The molecule has 6 heavy (non-hydrogen) atoms. The molecule has 0 spiro atoms. The van der Waals surface area contributed by atoms with E-state index in [9.17, 15) is 8.78 Å². The van der Waals surface area contributed by atoms with Crippen molar-refractivity contribution in [3.8, 4) is 0 Å². The van der Waals surface area contributed by atoms with Crippen LogP contribution in [0.2, 0.25) is 0 Å². The molecule has 1 saturated heterocycles. The van der Waals surface area contributed by atoms with Crippen LogP contribution in [-0.4, -0.2) is 11.7 Å². The molecular formula is C2HClF2O. The molecule has 0 saturated carbocycles. The Morgan fingerprint density at radius 3 is 1.83 bits per heavy atom. The van der Waals surface area contributed by atoms with E-state index >= 15 is 0 Å². The molecule has 0 amide bonds. The van der Waals surface area contributed by atoms with Gasteiger partial charge in [0.25, 0.3) is 0 Å². The zero-order chi connectivity index (χ0) is 4.78. The third kappa shape index (κ3) is 0.479. The van der Waals surface area contributed by atoms with Crippen LogP contribution in [0.1, 0.15) is 0 Å². The zero-order valence-electron chi connectivity index (χ0n) is 2.62. The van der Waals surface area contributed by atoms with E-state index in [0.717, 1.165) is 0 Å². The summed E-state index contributed by atoms with van der Waals surface area (Å²) in [5.74, 6) is 0. The highest BCUT2D eigenvalue weighted by Gasteiger charge is 2.59. The minimum Gasteiger partial charge on any atom is -0.288 e. The molecule has 0 N–H and O–H groups in total. The van der Waals surface area contributed by atoms with Crippen molar-refractivity contribution in [2.75, 3.05) is 0 Å². The molecule has 1 aliphatic heterocycles. The minimum absolute atomic E-state index is 1.36. The van der Waals surface area contributed by atoms with Gasteiger partial charge in [0.15, 0.2) is 0 Å². The van der Waals surface area contributed by atoms with Crippen LogP contribution in [0.15, 0.2) is 0 Å². The molecule has 1 atom stereocenters. The van der Waals surface area contributed by atoms with Gasteiger partial charge in [-0.2, -0.15) is 8.78 Å². The lowest BCUT2D eigenvalue weighted by atomic mass is 10.9. The SMILES string of the molecule is FC1(F)OC1Cl. The van der Waals surface area contributed by atoms with Crippen molar-refractivity contribution in [1.82, 2.24) is 0 Å². The molecule has 1 nitrogen and oxygen atoms in total. The Hall–Kier alpha value is 0.110. The Kier molecular flexibility index (Phi) is 0.602. The predicted octanol–water partition coefficient (Wildman–Crippen LogP) is 1.17. The fourth-order valence-electron chi connectivity index (χ4n) is 0.104. The van der Waals surface area contributed by atoms with Crippen molar-refractivity contribution in [3.05, 3.63) is 0 Å². The topological polar surface area (TPSA) is 12.5 Å². The molecule has 4 heteroatoms. The van der Waals surface area contributed by atoms with E-state index in [1.54, 1.807) is 0 Å². The number of ether oxygens (including phenoxy) is 1. The second-order valence-electron chi connectivity index (χ2n) is 0.996.